The zero-order valence-electron chi connectivity index (χ0n) is 10.4. The number of nitrogens with two attached hydrogens (primary N) is 1. The van der Waals surface area contributed by atoms with Gasteiger partial charge in [-0.2, -0.15) is 0 Å². The van der Waals surface area contributed by atoms with Crippen molar-refractivity contribution >= 4 is 0 Å². The van der Waals surface area contributed by atoms with E-state index in [1.165, 1.54) is 38.9 Å². The lowest BCUT2D eigenvalue weighted by Crippen LogP contribution is -2.44. The second-order valence-electron chi connectivity index (χ2n) is 4.70. The van der Waals surface area contributed by atoms with Gasteiger partial charge in [0.05, 0.1) is 0 Å². The third kappa shape index (κ3) is 4.49. The molecule has 1 aliphatic rings. The average Bonchev–Trinajstić information content (AvgIpc) is 2.27. The number of hydrogen-bond donors (Lipinski definition) is 1. The Hall–Kier alpha value is -0.120. The molecule has 0 amide bonds. The molecule has 0 aliphatic carbocycles. The normalized spacial score (nSPS) is 20.0. The molecule has 15 heavy (non-hydrogen) atoms. The predicted octanol–water partition coefficient (Wildman–Crippen LogP) is 1.14. The smallest absolute Gasteiger partial charge is 0.0117 e. The first kappa shape index (κ1) is 12.9. The van der Waals surface area contributed by atoms with Crippen molar-refractivity contribution in [1.82, 2.24) is 9.80 Å². The van der Waals surface area contributed by atoms with Gasteiger partial charge in [-0.15, -0.1) is 0 Å². The zero-order chi connectivity index (χ0) is 11.1. The van der Waals surface area contributed by atoms with E-state index in [0.29, 0.717) is 0 Å². The minimum atomic E-state index is 0.796. The monoisotopic (exact) mass is 213 g/mol. The summed E-state index contributed by atoms with van der Waals surface area (Å²) in [7, 11) is 2.25. The van der Waals surface area contributed by atoms with Crippen LogP contribution < -0.4 is 5.73 Å². The summed E-state index contributed by atoms with van der Waals surface area (Å²) in [5, 5.41) is 0. The Morgan fingerprint density at radius 2 is 2.00 bits per heavy atom. The minimum Gasteiger partial charge on any atom is -0.330 e. The van der Waals surface area contributed by atoms with E-state index in [9.17, 15) is 0 Å². The van der Waals surface area contributed by atoms with Gasteiger partial charge in [0.15, 0.2) is 0 Å². The summed E-state index contributed by atoms with van der Waals surface area (Å²) in [5.74, 6) is 0. The lowest BCUT2D eigenvalue weighted by Gasteiger charge is -2.36. The average molecular weight is 213 g/mol. The Balaban J connectivity index is 2.18. The second kappa shape index (κ2) is 7.20. The van der Waals surface area contributed by atoms with E-state index in [1.54, 1.807) is 0 Å². The molecule has 1 rings (SSSR count). The van der Waals surface area contributed by atoms with Crippen molar-refractivity contribution in [3.8, 4) is 0 Å². The standard InChI is InChI=1S/C12H27N3/c1-3-8-15-10-5-12(6-11-15)14(2)9-4-7-13/h12H,3-11,13H2,1-2H3. The summed E-state index contributed by atoms with van der Waals surface area (Å²) in [6.07, 6.45) is 5.08. The Labute approximate surface area is 94.6 Å². The fourth-order valence-corrected chi connectivity index (χ4v) is 2.42. The maximum absolute atomic E-state index is 5.53. The van der Waals surface area contributed by atoms with Gasteiger partial charge in [0.2, 0.25) is 0 Å². The van der Waals surface area contributed by atoms with E-state index in [1.807, 2.05) is 0 Å². The molecule has 0 bridgehead atoms. The molecular formula is C12H27N3. The molecule has 0 atom stereocenters. The van der Waals surface area contributed by atoms with Crippen LogP contribution in [-0.2, 0) is 0 Å². The Bertz CT molecular complexity index is 153. The van der Waals surface area contributed by atoms with Gasteiger partial charge in [0, 0.05) is 6.04 Å². The Morgan fingerprint density at radius 1 is 1.33 bits per heavy atom. The maximum Gasteiger partial charge on any atom is 0.0117 e. The number of piperidine rings is 1. The van der Waals surface area contributed by atoms with Gasteiger partial charge in [0.25, 0.3) is 0 Å². The van der Waals surface area contributed by atoms with Crippen molar-refractivity contribution in [2.45, 2.75) is 38.6 Å². The largest absolute Gasteiger partial charge is 0.330 e. The first-order valence-electron chi connectivity index (χ1n) is 6.40. The summed E-state index contributed by atoms with van der Waals surface area (Å²) >= 11 is 0. The quantitative estimate of drug-likeness (QED) is 0.718. The molecule has 3 heteroatoms. The lowest BCUT2D eigenvalue weighted by atomic mass is 10.0. The highest BCUT2D eigenvalue weighted by Gasteiger charge is 2.21. The zero-order valence-corrected chi connectivity index (χ0v) is 10.4. The van der Waals surface area contributed by atoms with E-state index in [2.05, 4.69) is 23.8 Å². The summed E-state index contributed by atoms with van der Waals surface area (Å²) in [6.45, 7) is 8.09. The molecule has 0 aromatic rings. The molecule has 0 radical (unpaired) electrons. The van der Waals surface area contributed by atoms with E-state index < -0.39 is 0 Å². The first-order chi connectivity index (χ1) is 7.27. The van der Waals surface area contributed by atoms with Gasteiger partial charge in [0.1, 0.15) is 0 Å². The van der Waals surface area contributed by atoms with E-state index in [-0.39, 0.29) is 0 Å². The van der Waals surface area contributed by atoms with Crippen LogP contribution in [0.3, 0.4) is 0 Å². The van der Waals surface area contributed by atoms with Crippen LogP contribution in [0.2, 0.25) is 0 Å². The number of nitrogens with zero attached hydrogens (tertiary/aromatic N) is 2. The molecule has 1 aliphatic heterocycles. The number of rotatable bonds is 6. The molecular weight excluding hydrogens is 186 g/mol. The summed E-state index contributed by atoms with van der Waals surface area (Å²) in [4.78, 5) is 5.09. The van der Waals surface area contributed by atoms with Gasteiger partial charge in [-0.3, -0.25) is 0 Å². The van der Waals surface area contributed by atoms with Gasteiger partial charge < -0.3 is 15.5 Å². The van der Waals surface area contributed by atoms with Crippen LogP contribution in [0.25, 0.3) is 0 Å². The predicted molar refractivity (Wildman–Crippen MR) is 66.1 cm³/mol. The maximum atomic E-state index is 5.53. The third-order valence-electron chi connectivity index (χ3n) is 3.44. The molecule has 1 heterocycles. The molecule has 0 saturated carbocycles. The van der Waals surface area contributed by atoms with Crippen molar-refractivity contribution in [1.29, 1.82) is 0 Å². The summed E-state index contributed by atoms with van der Waals surface area (Å²) in [5.41, 5.74) is 5.53. The molecule has 0 unspecified atom stereocenters. The fourth-order valence-electron chi connectivity index (χ4n) is 2.42. The number of hydrogen-bond acceptors (Lipinski definition) is 3. The summed E-state index contributed by atoms with van der Waals surface area (Å²) < 4.78 is 0. The highest BCUT2D eigenvalue weighted by molar-refractivity contribution is 4.78. The van der Waals surface area contributed by atoms with E-state index >= 15 is 0 Å². The lowest BCUT2D eigenvalue weighted by molar-refractivity contribution is 0.127. The van der Waals surface area contributed by atoms with Gasteiger partial charge >= 0.3 is 0 Å². The number of likely N-dealkylation sites (tertiary alicyclic amines) is 1. The molecule has 2 N–H and O–H groups in total. The molecule has 0 aromatic heterocycles. The first-order valence-corrected chi connectivity index (χ1v) is 6.40. The van der Waals surface area contributed by atoms with Crippen molar-refractivity contribution < 1.29 is 0 Å². The van der Waals surface area contributed by atoms with Crippen LogP contribution in [0.4, 0.5) is 0 Å². The van der Waals surface area contributed by atoms with E-state index in [4.69, 9.17) is 5.73 Å². The molecule has 3 nitrogen and oxygen atoms in total. The van der Waals surface area contributed by atoms with Crippen molar-refractivity contribution in [2.75, 3.05) is 39.8 Å². The third-order valence-corrected chi connectivity index (χ3v) is 3.44. The van der Waals surface area contributed by atoms with Crippen LogP contribution in [0, 0.1) is 0 Å². The Kier molecular flexibility index (Phi) is 6.22. The van der Waals surface area contributed by atoms with E-state index in [0.717, 1.165) is 25.6 Å². The second-order valence-corrected chi connectivity index (χ2v) is 4.70. The topological polar surface area (TPSA) is 32.5 Å². The fraction of sp³-hybridized carbons (Fsp3) is 1.00. The van der Waals surface area contributed by atoms with Gasteiger partial charge in [-0.1, -0.05) is 6.92 Å². The van der Waals surface area contributed by atoms with Crippen LogP contribution in [0.15, 0.2) is 0 Å². The highest BCUT2D eigenvalue weighted by atomic mass is 15.2. The molecule has 1 fully saturated rings. The van der Waals surface area contributed by atoms with Crippen molar-refractivity contribution in [2.24, 2.45) is 5.73 Å². The molecule has 1 saturated heterocycles. The SMILES string of the molecule is CCCN1CCC(N(C)CCCN)CC1. The van der Waals surface area contributed by atoms with Gasteiger partial charge in [-0.25, -0.2) is 0 Å². The van der Waals surface area contributed by atoms with Crippen molar-refractivity contribution in [3.05, 3.63) is 0 Å². The summed E-state index contributed by atoms with van der Waals surface area (Å²) in [6, 6.07) is 0.796. The van der Waals surface area contributed by atoms with Gasteiger partial charge in [-0.05, 0) is 65.5 Å². The molecule has 0 aromatic carbocycles. The highest BCUT2D eigenvalue weighted by Crippen LogP contribution is 2.15. The van der Waals surface area contributed by atoms with Crippen LogP contribution in [0.1, 0.15) is 32.6 Å². The Morgan fingerprint density at radius 3 is 2.53 bits per heavy atom. The van der Waals surface area contributed by atoms with Crippen LogP contribution in [-0.4, -0.2) is 55.6 Å². The minimum absolute atomic E-state index is 0.796. The molecule has 90 valence electrons. The van der Waals surface area contributed by atoms with Crippen molar-refractivity contribution in [3.63, 3.8) is 0 Å². The van der Waals surface area contributed by atoms with Crippen LogP contribution >= 0.6 is 0 Å². The molecule has 0 spiro atoms. The van der Waals surface area contributed by atoms with Crippen LogP contribution in [0.5, 0.6) is 0 Å².